The summed E-state index contributed by atoms with van der Waals surface area (Å²) in [4.78, 5) is 26.9. The van der Waals surface area contributed by atoms with Gasteiger partial charge in [-0.25, -0.2) is 0 Å². The number of nitrogens with zero attached hydrogens (tertiary/aromatic N) is 8. The fourth-order valence-corrected chi connectivity index (χ4v) is 5.46. The van der Waals surface area contributed by atoms with Gasteiger partial charge in [0, 0.05) is 73.7 Å². The minimum absolute atomic E-state index is 0.0679. The van der Waals surface area contributed by atoms with E-state index in [9.17, 15) is 4.79 Å². The Morgan fingerprint density at radius 2 is 1.94 bits per heavy atom. The summed E-state index contributed by atoms with van der Waals surface area (Å²) in [6.07, 6.45) is 9.33. The van der Waals surface area contributed by atoms with Crippen molar-refractivity contribution < 1.29 is 0 Å². The summed E-state index contributed by atoms with van der Waals surface area (Å²) in [5.74, 6) is 0. The standard InChI is InChI=1S/C27H32N8O/c1-5-21-16-35(24-12-26(36)32(4)25-17-33(10-8-28)31-27(24)25)22(6-2)15-34(21)18(3)23-11-20-13-29-9-7-19(20)14-30-23/h7,9,11-14,17-18,21-22H,5-6,10,15-16H2,1-4H3/t18-,21-,22+/m1/s1. The third-order valence-electron chi connectivity index (χ3n) is 7.63. The molecular formula is C27H32N8O. The van der Waals surface area contributed by atoms with Gasteiger partial charge in [-0.2, -0.15) is 10.4 Å². The van der Waals surface area contributed by atoms with Crippen LogP contribution in [0.4, 0.5) is 5.69 Å². The van der Waals surface area contributed by atoms with E-state index in [0.29, 0.717) is 0 Å². The lowest BCUT2D eigenvalue weighted by Gasteiger charge is -2.49. The second-order valence-corrected chi connectivity index (χ2v) is 9.63. The van der Waals surface area contributed by atoms with Crippen LogP contribution in [0.25, 0.3) is 21.8 Å². The van der Waals surface area contributed by atoms with Crippen LogP contribution in [0.1, 0.15) is 45.3 Å². The summed E-state index contributed by atoms with van der Waals surface area (Å²) >= 11 is 0. The van der Waals surface area contributed by atoms with Crippen LogP contribution < -0.4 is 10.5 Å². The van der Waals surface area contributed by atoms with Crippen LogP contribution in [0.15, 0.2) is 47.8 Å². The maximum atomic E-state index is 12.9. The average Bonchev–Trinajstić information content (AvgIpc) is 3.33. The van der Waals surface area contributed by atoms with E-state index in [1.54, 1.807) is 34.8 Å². The van der Waals surface area contributed by atoms with Crippen molar-refractivity contribution >= 4 is 27.5 Å². The lowest BCUT2D eigenvalue weighted by Crippen LogP contribution is -2.58. The molecule has 5 rings (SSSR count). The maximum absolute atomic E-state index is 12.9. The molecular weight excluding hydrogens is 452 g/mol. The first-order valence-electron chi connectivity index (χ1n) is 12.6. The maximum Gasteiger partial charge on any atom is 0.252 e. The first kappa shape index (κ1) is 23.9. The highest BCUT2D eigenvalue weighted by molar-refractivity contribution is 5.88. The Kier molecular flexibility index (Phi) is 6.46. The molecule has 0 spiro atoms. The fraction of sp³-hybridized carbons (Fsp3) is 0.444. The van der Waals surface area contributed by atoms with Crippen LogP contribution in [0.3, 0.4) is 0 Å². The van der Waals surface area contributed by atoms with Crippen molar-refractivity contribution in [3.63, 3.8) is 0 Å². The van der Waals surface area contributed by atoms with E-state index in [4.69, 9.17) is 15.3 Å². The van der Waals surface area contributed by atoms with Crippen molar-refractivity contribution in [2.75, 3.05) is 18.0 Å². The fourth-order valence-electron chi connectivity index (χ4n) is 5.46. The zero-order valence-electron chi connectivity index (χ0n) is 21.3. The molecule has 0 saturated carbocycles. The molecule has 0 unspecified atom stereocenters. The van der Waals surface area contributed by atoms with E-state index >= 15 is 0 Å². The van der Waals surface area contributed by atoms with E-state index < -0.39 is 0 Å². The van der Waals surface area contributed by atoms with Crippen molar-refractivity contribution in [1.29, 1.82) is 5.26 Å². The lowest BCUT2D eigenvalue weighted by atomic mass is 9.98. The van der Waals surface area contributed by atoms with E-state index in [0.717, 1.165) is 59.1 Å². The zero-order valence-corrected chi connectivity index (χ0v) is 21.3. The molecule has 1 aliphatic heterocycles. The third-order valence-corrected chi connectivity index (χ3v) is 7.63. The van der Waals surface area contributed by atoms with Gasteiger partial charge < -0.3 is 9.47 Å². The van der Waals surface area contributed by atoms with Gasteiger partial charge in [-0.05, 0) is 31.9 Å². The first-order chi connectivity index (χ1) is 17.4. The molecule has 0 amide bonds. The number of hydrogen-bond acceptors (Lipinski definition) is 7. The molecule has 0 aliphatic carbocycles. The van der Waals surface area contributed by atoms with E-state index in [1.165, 1.54) is 0 Å². The van der Waals surface area contributed by atoms with Gasteiger partial charge in [0.05, 0.1) is 29.2 Å². The van der Waals surface area contributed by atoms with Crippen molar-refractivity contribution in [3.05, 3.63) is 59.0 Å². The molecule has 186 valence electrons. The highest BCUT2D eigenvalue weighted by atomic mass is 16.1. The molecule has 36 heavy (non-hydrogen) atoms. The third kappa shape index (κ3) is 4.11. The molecule has 1 saturated heterocycles. The summed E-state index contributed by atoms with van der Waals surface area (Å²) in [5.41, 5.74) is 3.36. The minimum atomic E-state index is -0.0679. The van der Waals surface area contributed by atoms with Crippen LogP contribution in [-0.4, -0.2) is 54.4 Å². The molecule has 9 nitrogen and oxygen atoms in total. The number of hydrogen-bond donors (Lipinski definition) is 0. The van der Waals surface area contributed by atoms with Gasteiger partial charge in [0.25, 0.3) is 5.56 Å². The highest BCUT2D eigenvalue weighted by Crippen LogP contribution is 2.34. The summed E-state index contributed by atoms with van der Waals surface area (Å²) in [6, 6.07) is 8.64. The molecule has 1 aliphatic rings. The Bertz CT molecular complexity index is 1500. The molecule has 3 atom stereocenters. The lowest BCUT2D eigenvalue weighted by molar-refractivity contribution is 0.0992. The summed E-state index contributed by atoms with van der Waals surface area (Å²) in [6.45, 7) is 8.44. The number of anilines is 1. The number of nitriles is 1. The first-order valence-corrected chi connectivity index (χ1v) is 12.6. The Balaban J connectivity index is 1.51. The van der Waals surface area contributed by atoms with Crippen LogP contribution >= 0.6 is 0 Å². The van der Waals surface area contributed by atoms with Gasteiger partial charge in [-0.1, -0.05) is 13.8 Å². The molecule has 4 aromatic rings. The topological polar surface area (TPSA) is 95.9 Å². The second kappa shape index (κ2) is 9.70. The van der Waals surface area contributed by atoms with Crippen LogP contribution in [0.2, 0.25) is 0 Å². The quantitative estimate of drug-likeness (QED) is 0.412. The van der Waals surface area contributed by atoms with Crippen molar-refractivity contribution in [3.8, 4) is 6.07 Å². The minimum Gasteiger partial charge on any atom is -0.364 e. The monoisotopic (exact) mass is 484 g/mol. The highest BCUT2D eigenvalue weighted by Gasteiger charge is 2.36. The summed E-state index contributed by atoms with van der Waals surface area (Å²) < 4.78 is 3.22. The Labute approximate surface area is 210 Å². The van der Waals surface area contributed by atoms with Gasteiger partial charge in [0.1, 0.15) is 12.1 Å². The second-order valence-electron chi connectivity index (χ2n) is 9.63. The molecule has 0 aromatic carbocycles. The molecule has 0 N–H and O–H groups in total. The number of piperazine rings is 1. The van der Waals surface area contributed by atoms with Crippen LogP contribution in [0, 0.1) is 11.3 Å². The number of fused-ring (bicyclic) bond motifs is 2. The number of aryl methyl sites for hydroxylation is 1. The molecule has 5 heterocycles. The Morgan fingerprint density at radius 3 is 2.69 bits per heavy atom. The number of pyridine rings is 3. The number of rotatable bonds is 6. The van der Waals surface area contributed by atoms with E-state index in [1.807, 2.05) is 18.5 Å². The van der Waals surface area contributed by atoms with Gasteiger partial charge in [-0.15, -0.1) is 0 Å². The van der Waals surface area contributed by atoms with Crippen LogP contribution in [-0.2, 0) is 13.6 Å². The molecule has 9 heteroatoms. The van der Waals surface area contributed by atoms with Crippen molar-refractivity contribution in [2.24, 2.45) is 7.05 Å². The van der Waals surface area contributed by atoms with E-state index in [-0.39, 0.29) is 30.2 Å². The van der Waals surface area contributed by atoms with Gasteiger partial charge in [0.2, 0.25) is 0 Å². The van der Waals surface area contributed by atoms with Gasteiger partial charge in [-0.3, -0.25) is 24.3 Å². The largest absolute Gasteiger partial charge is 0.364 e. The SMILES string of the molecule is CC[C@H]1CN([C@H](C)c2cc3cnccc3cn2)[C@H](CC)CN1c1cc(=O)n(C)c2cn(CC#N)nc12. The number of aromatic nitrogens is 5. The Hall–Kier alpha value is -3.77. The predicted molar refractivity (Wildman–Crippen MR) is 141 cm³/mol. The average molecular weight is 485 g/mol. The summed E-state index contributed by atoms with van der Waals surface area (Å²) in [5, 5.41) is 16.0. The normalized spacial score (nSPS) is 19.6. The van der Waals surface area contributed by atoms with E-state index in [2.05, 4.69) is 47.7 Å². The van der Waals surface area contributed by atoms with Crippen LogP contribution in [0.5, 0.6) is 0 Å². The predicted octanol–water partition coefficient (Wildman–Crippen LogP) is 3.64. The molecule has 0 radical (unpaired) electrons. The summed E-state index contributed by atoms with van der Waals surface area (Å²) in [7, 11) is 1.75. The van der Waals surface area contributed by atoms with Gasteiger partial charge in [0.15, 0.2) is 0 Å². The van der Waals surface area contributed by atoms with Crippen molar-refractivity contribution in [1.82, 2.24) is 29.2 Å². The Morgan fingerprint density at radius 1 is 1.14 bits per heavy atom. The molecule has 0 bridgehead atoms. The molecule has 4 aromatic heterocycles. The molecule has 1 fully saturated rings. The van der Waals surface area contributed by atoms with Crippen molar-refractivity contribution in [2.45, 2.75) is 58.3 Å². The smallest absolute Gasteiger partial charge is 0.252 e. The zero-order chi connectivity index (χ0) is 25.4. The van der Waals surface area contributed by atoms with Gasteiger partial charge >= 0.3 is 0 Å².